The van der Waals surface area contributed by atoms with Crippen molar-refractivity contribution in [1.29, 1.82) is 0 Å². The van der Waals surface area contributed by atoms with E-state index in [1.54, 1.807) is 12.1 Å². The topological polar surface area (TPSA) is 49.4 Å². The minimum atomic E-state index is -0.0191. The standard InChI is InChI=1S/C22H25ClN2O2/c1-16-3-2-4-18(13-16)15-24-22(27)19-9-11-25(12-10-19)21(26)14-17-5-7-20(23)8-6-17/h2-8,13,19H,9-12,14-15H2,1H3,(H,24,27). The van der Waals surface area contributed by atoms with Crippen LogP contribution in [0.1, 0.15) is 29.5 Å². The van der Waals surface area contributed by atoms with Crippen LogP contribution in [0.2, 0.25) is 5.02 Å². The van der Waals surface area contributed by atoms with Gasteiger partial charge in [-0.2, -0.15) is 0 Å². The van der Waals surface area contributed by atoms with Crippen molar-refractivity contribution < 1.29 is 9.59 Å². The highest BCUT2D eigenvalue weighted by atomic mass is 35.5. The predicted molar refractivity (Wildman–Crippen MR) is 107 cm³/mol. The Morgan fingerprint density at radius 2 is 1.78 bits per heavy atom. The first-order valence-corrected chi connectivity index (χ1v) is 9.74. The number of halogens is 1. The molecule has 0 aliphatic carbocycles. The Bertz CT molecular complexity index is 796. The van der Waals surface area contributed by atoms with Crippen LogP contribution in [0.3, 0.4) is 0 Å². The molecular formula is C22H25ClN2O2. The lowest BCUT2D eigenvalue weighted by Gasteiger charge is -2.31. The highest BCUT2D eigenvalue weighted by molar-refractivity contribution is 6.30. The largest absolute Gasteiger partial charge is 0.352 e. The first kappa shape index (κ1) is 19.4. The van der Waals surface area contributed by atoms with E-state index in [0.29, 0.717) is 43.9 Å². The zero-order chi connectivity index (χ0) is 19.2. The highest BCUT2D eigenvalue weighted by Gasteiger charge is 2.27. The highest BCUT2D eigenvalue weighted by Crippen LogP contribution is 2.19. The fraction of sp³-hybridized carbons (Fsp3) is 0.364. The van der Waals surface area contributed by atoms with Crippen molar-refractivity contribution in [2.75, 3.05) is 13.1 Å². The van der Waals surface area contributed by atoms with Gasteiger partial charge >= 0.3 is 0 Å². The monoisotopic (exact) mass is 384 g/mol. The number of amides is 2. The molecule has 3 rings (SSSR count). The lowest BCUT2D eigenvalue weighted by Crippen LogP contribution is -2.43. The fourth-order valence-corrected chi connectivity index (χ4v) is 3.56. The number of benzene rings is 2. The van der Waals surface area contributed by atoms with Crippen LogP contribution in [0.15, 0.2) is 48.5 Å². The Kier molecular flexibility index (Phi) is 6.51. The molecule has 1 heterocycles. The SMILES string of the molecule is Cc1cccc(CNC(=O)C2CCN(C(=O)Cc3ccc(Cl)cc3)CC2)c1. The summed E-state index contributed by atoms with van der Waals surface area (Å²) in [6.07, 6.45) is 1.80. The second kappa shape index (κ2) is 9.05. The van der Waals surface area contributed by atoms with E-state index in [2.05, 4.69) is 11.4 Å². The lowest BCUT2D eigenvalue weighted by molar-refractivity contribution is -0.135. The molecule has 0 unspecified atom stereocenters. The Labute approximate surface area is 165 Å². The summed E-state index contributed by atoms with van der Waals surface area (Å²) < 4.78 is 0. The average molecular weight is 385 g/mol. The van der Waals surface area contributed by atoms with Gasteiger partial charge in [0, 0.05) is 30.6 Å². The minimum Gasteiger partial charge on any atom is -0.352 e. The van der Waals surface area contributed by atoms with Gasteiger partial charge in [0.15, 0.2) is 0 Å². The van der Waals surface area contributed by atoms with Gasteiger partial charge in [0.05, 0.1) is 6.42 Å². The van der Waals surface area contributed by atoms with Crippen LogP contribution in [-0.2, 0) is 22.6 Å². The Morgan fingerprint density at radius 1 is 1.07 bits per heavy atom. The molecule has 27 heavy (non-hydrogen) atoms. The summed E-state index contributed by atoms with van der Waals surface area (Å²) >= 11 is 5.88. The van der Waals surface area contributed by atoms with Crippen molar-refractivity contribution in [2.45, 2.75) is 32.7 Å². The van der Waals surface area contributed by atoms with E-state index < -0.39 is 0 Å². The molecule has 0 aromatic heterocycles. The van der Waals surface area contributed by atoms with Crippen molar-refractivity contribution in [1.82, 2.24) is 10.2 Å². The maximum atomic E-state index is 12.5. The zero-order valence-electron chi connectivity index (χ0n) is 15.6. The molecule has 0 saturated carbocycles. The molecule has 4 nitrogen and oxygen atoms in total. The number of carbonyl (C=O) groups excluding carboxylic acids is 2. The fourth-order valence-electron chi connectivity index (χ4n) is 3.44. The van der Waals surface area contributed by atoms with Crippen LogP contribution in [0.25, 0.3) is 0 Å². The van der Waals surface area contributed by atoms with Gasteiger partial charge in [0.25, 0.3) is 0 Å². The molecule has 5 heteroatoms. The smallest absolute Gasteiger partial charge is 0.226 e. The number of aryl methyl sites for hydroxylation is 1. The van der Waals surface area contributed by atoms with Crippen molar-refractivity contribution in [2.24, 2.45) is 5.92 Å². The van der Waals surface area contributed by atoms with Crippen molar-refractivity contribution in [3.63, 3.8) is 0 Å². The number of rotatable bonds is 5. The normalized spacial score (nSPS) is 14.8. The number of hydrogen-bond acceptors (Lipinski definition) is 2. The molecule has 1 fully saturated rings. The predicted octanol–water partition coefficient (Wildman–Crippen LogP) is 3.75. The molecule has 0 atom stereocenters. The summed E-state index contributed by atoms with van der Waals surface area (Å²) in [4.78, 5) is 26.8. The summed E-state index contributed by atoms with van der Waals surface area (Å²) in [6.45, 7) is 3.86. The van der Waals surface area contributed by atoms with E-state index in [9.17, 15) is 9.59 Å². The van der Waals surface area contributed by atoms with Crippen molar-refractivity contribution in [3.8, 4) is 0 Å². The molecule has 0 radical (unpaired) electrons. The number of nitrogens with one attached hydrogen (secondary N) is 1. The molecule has 1 saturated heterocycles. The first-order valence-electron chi connectivity index (χ1n) is 9.37. The molecule has 2 amide bonds. The quantitative estimate of drug-likeness (QED) is 0.853. The van der Waals surface area contributed by atoms with E-state index >= 15 is 0 Å². The Morgan fingerprint density at radius 3 is 2.44 bits per heavy atom. The van der Waals surface area contributed by atoms with Crippen LogP contribution in [-0.4, -0.2) is 29.8 Å². The van der Waals surface area contributed by atoms with Crippen LogP contribution in [0.5, 0.6) is 0 Å². The summed E-state index contributed by atoms with van der Waals surface area (Å²) in [5.74, 6) is 0.173. The van der Waals surface area contributed by atoms with E-state index in [4.69, 9.17) is 11.6 Å². The second-order valence-corrected chi connectivity index (χ2v) is 7.60. The van der Waals surface area contributed by atoms with Gasteiger partial charge in [-0.05, 0) is 43.0 Å². The van der Waals surface area contributed by atoms with Crippen LogP contribution < -0.4 is 5.32 Å². The van der Waals surface area contributed by atoms with Crippen molar-refractivity contribution >= 4 is 23.4 Å². The lowest BCUT2D eigenvalue weighted by atomic mass is 9.95. The van der Waals surface area contributed by atoms with Crippen molar-refractivity contribution in [3.05, 3.63) is 70.2 Å². The van der Waals surface area contributed by atoms with E-state index in [-0.39, 0.29) is 17.7 Å². The maximum absolute atomic E-state index is 12.5. The van der Waals surface area contributed by atoms with Gasteiger partial charge in [-0.3, -0.25) is 9.59 Å². The molecular weight excluding hydrogens is 360 g/mol. The molecule has 1 aliphatic rings. The Balaban J connectivity index is 1.44. The molecule has 2 aromatic rings. The van der Waals surface area contributed by atoms with Gasteiger partial charge in [0.1, 0.15) is 0 Å². The Hall–Kier alpha value is -2.33. The van der Waals surface area contributed by atoms with Gasteiger partial charge < -0.3 is 10.2 Å². The third-order valence-corrected chi connectivity index (χ3v) is 5.29. The van der Waals surface area contributed by atoms with Gasteiger partial charge in [-0.15, -0.1) is 0 Å². The summed E-state index contributed by atoms with van der Waals surface area (Å²) in [6, 6.07) is 15.5. The van der Waals surface area contributed by atoms with Crippen LogP contribution in [0.4, 0.5) is 0 Å². The summed E-state index contributed by atoms with van der Waals surface area (Å²) in [7, 11) is 0. The minimum absolute atomic E-state index is 0.0191. The molecule has 2 aromatic carbocycles. The molecule has 142 valence electrons. The van der Waals surface area contributed by atoms with E-state index in [1.165, 1.54) is 5.56 Å². The summed E-state index contributed by atoms with van der Waals surface area (Å²) in [5.41, 5.74) is 3.26. The third kappa shape index (κ3) is 5.57. The van der Waals surface area contributed by atoms with Crippen LogP contribution >= 0.6 is 11.6 Å². The molecule has 0 bridgehead atoms. The molecule has 1 aliphatic heterocycles. The number of nitrogens with zero attached hydrogens (tertiary/aromatic N) is 1. The van der Waals surface area contributed by atoms with Crippen LogP contribution in [0, 0.1) is 12.8 Å². The molecule has 0 spiro atoms. The number of hydrogen-bond donors (Lipinski definition) is 1. The van der Waals surface area contributed by atoms with E-state index in [1.807, 2.05) is 42.2 Å². The first-order chi connectivity index (χ1) is 13.0. The summed E-state index contributed by atoms with van der Waals surface area (Å²) in [5, 5.41) is 3.70. The van der Waals surface area contributed by atoms with Gasteiger partial charge in [0.2, 0.25) is 11.8 Å². The number of piperidine rings is 1. The maximum Gasteiger partial charge on any atom is 0.226 e. The number of likely N-dealkylation sites (tertiary alicyclic amines) is 1. The second-order valence-electron chi connectivity index (χ2n) is 7.17. The third-order valence-electron chi connectivity index (χ3n) is 5.04. The van der Waals surface area contributed by atoms with Gasteiger partial charge in [-0.1, -0.05) is 53.6 Å². The zero-order valence-corrected chi connectivity index (χ0v) is 16.3. The molecule has 1 N–H and O–H groups in total. The number of carbonyl (C=O) groups is 2. The average Bonchev–Trinajstić information content (AvgIpc) is 2.68. The van der Waals surface area contributed by atoms with E-state index in [0.717, 1.165) is 11.1 Å². The van der Waals surface area contributed by atoms with Gasteiger partial charge in [-0.25, -0.2) is 0 Å².